The van der Waals surface area contributed by atoms with Crippen molar-refractivity contribution in [2.75, 3.05) is 0 Å². The maximum Gasteiger partial charge on any atom is 0.326 e. The lowest BCUT2D eigenvalue weighted by molar-refractivity contribution is -0.139. The van der Waals surface area contributed by atoms with E-state index in [2.05, 4.69) is 10.3 Å². The Labute approximate surface area is 127 Å². The fourth-order valence-electron chi connectivity index (χ4n) is 2.16. The Morgan fingerprint density at radius 2 is 2.09 bits per heavy atom. The fraction of sp³-hybridized carbons (Fsp3) is 0.250. The number of carboxylic acid groups (broad SMARTS) is 1. The average Bonchev–Trinajstić information content (AvgIpc) is 2.53. The van der Waals surface area contributed by atoms with Crippen LogP contribution in [-0.2, 0) is 4.79 Å². The quantitative estimate of drug-likeness (QED) is 0.878. The lowest BCUT2D eigenvalue weighted by Crippen LogP contribution is -2.41. The Balaban J connectivity index is 2.26. The molecule has 6 heteroatoms. The molecule has 6 nitrogen and oxygen atoms in total. The number of amides is 1. The first-order valence-electron chi connectivity index (χ1n) is 6.80. The molecule has 0 fully saturated rings. The standard InChI is InChI=1S/C16H15N3O3/c1-10(9-17)8-14(16(21)22)19-15(20)12-6-7-18-13-5-3-2-4-11(12)13/h2-7,10,14H,8H2,1H3,(H,19,20)(H,21,22)/t10-,14+/m1/s1. The Morgan fingerprint density at radius 1 is 1.36 bits per heavy atom. The Kier molecular flexibility index (Phi) is 4.69. The molecule has 2 rings (SSSR count). The van der Waals surface area contributed by atoms with Gasteiger partial charge in [0, 0.05) is 17.5 Å². The van der Waals surface area contributed by atoms with Crippen LogP contribution in [0, 0.1) is 17.2 Å². The second kappa shape index (κ2) is 6.68. The van der Waals surface area contributed by atoms with Crippen LogP contribution in [0.2, 0.25) is 0 Å². The number of nitrogens with zero attached hydrogens (tertiary/aromatic N) is 2. The molecule has 0 unspecified atom stereocenters. The van der Waals surface area contributed by atoms with Gasteiger partial charge in [0.25, 0.3) is 5.91 Å². The van der Waals surface area contributed by atoms with Gasteiger partial charge in [0.15, 0.2) is 0 Å². The van der Waals surface area contributed by atoms with Crippen LogP contribution in [0.5, 0.6) is 0 Å². The molecule has 0 spiro atoms. The highest BCUT2D eigenvalue weighted by molar-refractivity contribution is 6.06. The van der Waals surface area contributed by atoms with Gasteiger partial charge in [-0.05, 0) is 25.5 Å². The molecule has 0 saturated carbocycles. The molecule has 1 heterocycles. The summed E-state index contributed by atoms with van der Waals surface area (Å²) >= 11 is 0. The molecule has 2 atom stereocenters. The molecule has 0 aliphatic rings. The maximum absolute atomic E-state index is 12.4. The predicted molar refractivity (Wildman–Crippen MR) is 80.0 cm³/mol. The smallest absolute Gasteiger partial charge is 0.326 e. The van der Waals surface area contributed by atoms with E-state index in [-0.39, 0.29) is 6.42 Å². The van der Waals surface area contributed by atoms with Crippen LogP contribution in [0.15, 0.2) is 36.5 Å². The predicted octanol–water partition coefficient (Wildman–Crippen LogP) is 1.97. The lowest BCUT2D eigenvalue weighted by atomic mass is 10.0. The van der Waals surface area contributed by atoms with Crippen molar-refractivity contribution in [3.63, 3.8) is 0 Å². The molecule has 2 N–H and O–H groups in total. The van der Waals surface area contributed by atoms with Gasteiger partial charge in [0.2, 0.25) is 0 Å². The molecule has 22 heavy (non-hydrogen) atoms. The number of benzene rings is 1. The van der Waals surface area contributed by atoms with Crippen molar-refractivity contribution in [2.24, 2.45) is 5.92 Å². The summed E-state index contributed by atoms with van der Waals surface area (Å²) in [6, 6.07) is 9.54. The van der Waals surface area contributed by atoms with Gasteiger partial charge in [0.1, 0.15) is 6.04 Å². The van der Waals surface area contributed by atoms with E-state index in [9.17, 15) is 14.7 Å². The van der Waals surface area contributed by atoms with Gasteiger partial charge < -0.3 is 10.4 Å². The minimum absolute atomic E-state index is 0.0561. The van der Waals surface area contributed by atoms with E-state index in [0.29, 0.717) is 16.5 Å². The molecule has 1 amide bonds. The van der Waals surface area contributed by atoms with E-state index < -0.39 is 23.8 Å². The first kappa shape index (κ1) is 15.4. The van der Waals surface area contributed by atoms with Gasteiger partial charge in [-0.1, -0.05) is 18.2 Å². The number of pyridine rings is 1. The second-order valence-corrected chi connectivity index (χ2v) is 5.01. The normalized spacial score (nSPS) is 13.1. The monoisotopic (exact) mass is 297 g/mol. The fourth-order valence-corrected chi connectivity index (χ4v) is 2.16. The summed E-state index contributed by atoms with van der Waals surface area (Å²) < 4.78 is 0. The zero-order chi connectivity index (χ0) is 16.1. The van der Waals surface area contributed by atoms with E-state index in [1.165, 1.54) is 6.20 Å². The summed E-state index contributed by atoms with van der Waals surface area (Å²) in [6.07, 6.45) is 1.56. The Hall–Kier alpha value is -2.94. The summed E-state index contributed by atoms with van der Waals surface area (Å²) in [5.41, 5.74) is 1.02. The molecule has 1 aromatic carbocycles. The highest BCUT2D eigenvalue weighted by Crippen LogP contribution is 2.16. The molecule has 0 saturated heterocycles. The first-order valence-corrected chi connectivity index (χ1v) is 6.80. The Morgan fingerprint density at radius 3 is 2.77 bits per heavy atom. The van der Waals surface area contributed by atoms with Crippen molar-refractivity contribution >= 4 is 22.8 Å². The minimum Gasteiger partial charge on any atom is -0.480 e. The van der Waals surface area contributed by atoms with Crippen LogP contribution >= 0.6 is 0 Å². The molecule has 0 aliphatic carbocycles. The van der Waals surface area contributed by atoms with Gasteiger partial charge in [-0.25, -0.2) is 4.79 Å². The number of carbonyl (C=O) groups is 2. The highest BCUT2D eigenvalue weighted by Gasteiger charge is 2.23. The highest BCUT2D eigenvalue weighted by atomic mass is 16.4. The van der Waals surface area contributed by atoms with Crippen LogP contribution in [0.1, 0.15) is 23.7 Å². The molecular formula is C16H15N3O3. The molecule has 0 aliphatic heterocycles. The van der Waals surface area contributed by atoms with E-state index in [0.717, 1.165) is 0 Å². The largest absolute Gasteiger partial charge is 0.480 e. The van der Waals surface area contributed by atoms with E-state index in [1.807, 2.05) is 12.1 Å². The minimum atomic E-state index is -1.16. The molecule has 1 aromatic heterocycles. The zero-order valence-corrected chi connectivity index (χ0v) is 12.0. The summed E-state index contributed by atoms with van der Waals surface area (Å²) in [4.78, 5) is 27.8. The van der Waals surface area contributed by atoms with Crippen LogP contribution < -0.4 is 5.32 Å². The number of carboxylic acids is 1. The molecule has 112 valence electrons. The SMILES string of the molecule is C[C@@H](C#N)C[C@H](NC(=O)c1ccnc2ccccc12)C(=O)O. The zero-order valence-electron chi connectivity index (χ0n) is 12.0. The molecular weight excluding hydrogens is 282 g/mol. The van der Waals surface area contributed by atoms with E-state index in [4.69, 9.17) is 5.26 Å². The summed E-state index contributed by atoms with van der Waals surface area (Å²) in [7, 11) is 0. The van der Waals surface area contributed by atoms with Gasteiger partial charge in [0.05, 0.1) is 17.1 Å². The van der Waals surface area contributed by atoms with Crippen LogP contribution in [0.4, 0.5) is 0 Å². The van der Waals surface area contributed by atoms with Gasteiger partial charge in [-0.2, -0.15) is 5.26 Å². The van der Waals surface area contributed by atoms with Crippen molar-refractivity contribution in [1.29, 1.82) is 5.26 Å². The number of aromatic nitrogens is 1. The van der Waals surface area contributed by atoms with Crippen molar-refractivity contribution in [3.05, 3.63) is 42.1 Å². The maximum atomic E-state index is 12.4. The average molecular weight is 297 g/mol. The molecule has 2 aromatic rings. The number of fused-ring (bicyclic) bond motifs is 1. The third kappa shape index (κ3) is 3.38. The lowest BCUT2D eigenvalue weighted by Gasteiger charge is -2.16. The number of nitrogens with one attached hydrogen (secondary N) is 1. The topological polar surface area (TPSA) is 103 Å². The summed E-state index contributed by atoms with van der Waals surface area (Å²) in [6.45, 7) is 1.62. The number of hydrogen-bond donors (Lipinski definition) is 2. The number of aliphatic carboxylic acids is 1. The van der Waals surface area contributed by atoms with Gasteiger partial charge in [-0.15, -0.1) is 0 Å². The van der Waals surface area contributed by atoms with E-state index in [1.54, 1.807) is 31.2 Å². The summed E-state index contributed by atoms with van der Waals surface area (Å²) in [5, 5.41) is 21.1. The van der Waals surface area contributed by atoms with Crippen molar-refractivity contribution in [2.45, 2.75) is 19.4 Å². The number of para-hydroxylation sites is 1. The van der Waals surface area contributed by atoms with Gasteiger partial charge in [-0.3, -0.25) is 9.78 Å². The molecule has 0 bridgehead atoms. The van der Waals surface area contributed by atoms with Crippen molar-refractivity contribution in [1.82, 2.24) is 10.3 Å². The number of hydrogen-bond acceptors (Lipinski definition) is 4. The number of carbonyl (C=O) groups excluding carboxylic acids is 1. The number of rotatable bonds is 5. The van der Waals surface area contributed by atoms with Crippen LogP contribution in [-0.4, -0.2) is 28.0 Å². The summed E-state index contributed by atoms with van der Waals surface area (Å²) in [5.74, 6) is -2.11. The van der Waals surface area contributed by atoms with Crippen molar-refractivity contribution < 1.29 is 14.7 Å². The first-order chi connectivity index (χ1) is 10.5. The van der Waals surface area contributed by atoms with Crippen LogP contribution in [0.3, 0.4) is 0 Å². The Bertz CT molecular complexity index is 746. The van der Waals surface area contributed by atoms with Gasteiger partial charge >= 0.3 is 5.97 Å². The second-order valence-electron chi connectivity index (χ2n) is 5.01. The number of nitriles is 1. The van der Waals surface area contributed by atoms with Crippen LogP contribution in [0.25, 0.3) is 10.9 Å². The third-order valence-corrected chi connectivity index (χ3v) is 3.31. The molecule has 0 radical (unpaired) electrons. The van der Waals surface area contributed by atoms with Crippen molar-refractivity contribution in [3.8, 4) is 6.07 Å². The third-order valence-electron chi connectivity index (χ3n) is 3.31. The van der Waals surface area contributed by atoms with E-state index >= 15 is 0 Å².